The summed E-state index contributed by atoms with van der Waals surface area (Å²) in [4.78, 5) is 44.2. The average Bonchev–Trinajstić information content (AvgIpc) is 3.62. The highest BCUT2D eigenvalue weighted by atomic mass is 35.5. The van der Waals surface area contributed by atoms with Gasteiger partial charge in [0.25, 0.3) is 11.8 Å². The molecule has 2 N–H and O–H groups in total. The van der Waals surface area contributed by atoms with Crippen molar-refractivity contribution in [2.24, 2.45) is 5.92 Å². The number of nitrogens with one attached hydrogen (secondary N) is 2. The van der Waals surface area contributed by atoms with Crippen molar-refractivity contribution in [2.75, 3.05) is 13.1 Å². The molecular weight excluding hydrogens is 519 g/mol. The first-order valence-corrected chi connectivity index (χ1v) is 14.2. The predicted octanol–water partition coefficient (Wildman–Crippen LogP) is 5.30. The van der Waals surface area contributed by atoms with Crippen LogP contribution in [-0.4, -0.2) is 46.2 Å². The third-order valence-corrected chi connectivity index (χ3v) is 9.80. The van der Waals surface area contributed by atoms with E-state index in [1.54, 1.807) is 29.3 Å². The molecule has 2 aliphatic heterocycles. The number of amides is 3. The molecule has 1 aromatic carbocycles. The van der Waals surface area contributed by atoms with Crippen LogP contribution in [0.25, 0.3) is 0 Å². The molecule has 1 aromatic heterocycles. The number of carbonyl (C=O) groups is 3. The fourth-order valence-corrected chi connectivity index (χ4v) is 7.10. The van der Waals surface area contributed by atoms with Crippen LogP contribution in [0.1, 0.15) is 88.8 Å². The number of rotatable bonds is 5. The lowest BCUT2D eigenvalue weighted by atomic mass is 9.76. The molecule has 3 aliphatic rings. The van der Waals surface area contributed by atoms with Gasteiger partial charge in [0.15, 0.2) is 0 Å². The molecule has 3 amide bonds. The van der Waals surface area contributed by atoms with Crippen molar-refractivity contribution in [3.05, 3.63) is 49.4 Å². The number of halogens is 2. The van der Waals surface area contributed by atoms with Crippen molar-refractivity contribution < 1.29 is 14.4 Å². The number of benzene rings is 1. The first kappa shape index (κ1) is 25.5. The van der Waals surface area contributed by atoms with Crippen LogP contribution in [0.3, 0.4) is 0 Å². The molecule has 5 rings (SSSR count). The summed E-state index contributed by atoms with van der Waals surface area (Å²) in [6.07, 6.45) is 7.16. The minimum Gasteiger partial charge on any atom is -0.351 e. The largest absolute Gasteiger partial charge is 0.351 e. The Hall–Kier alpha value is -2.16. The van der Waals surface area contributed by atoms with Crippen LogP contribution in [0.15, 0.2) is 17.5 Å². The second kappa shape index (κ2) is 10.3. The summed E-state index contributed by atoms with van der Waals surface area (Å²) in [5, 5.41) is 9.66. The zero-order valence-corrected chi connectivity index (χ0v) is 22.6. The average molecular weight is 550 g/mol. The molecule has 1 saturated carbocycles. The molecule has 36 heavy (non-hydrogen) atoms. The van der Waals surface area contributed by atoms with E-state index in [0.29, 0.717) is 52.3 Å². The quantitative estimate of drug-likeness (QED) is 0.529. The fourth-order valence-electron chi connectivity index (χ4n) is 5.70. The van der Waals surface area contributed by atoms with E-state index in [1.165, 1.54) is 11.3 Å². The molecule has 10 heteroatoms. The van der Waals surface area contributed by atoms with Crippen molar-refractivity contribution in [1.82, 2.24) is 20.5 Å². The molecule has 1 spiro atoms. The first-order valence-electron chi connectivity index (χ1n) is 12.6. The summed E-state index contributed by atoms with van der Waals surface area (Å²) in [5.41, 5.74) is 1.51. The molecule has 1 aliphatic carbocycles. The Bertz CT molecular complexity index is 1190. The van der Waals surface area contributed by atoms with E-state index in [1.807, 2.05) is 0 Å². The van der Waals surface area contributed by atoms with Gasteiger partial charge in [0.05, 0.1) is 16.6 Å². The normalized spacial score (nSPS) is 25.9. The summed E-state index contributed by atoms with van der Waals surface area (Å²) in [7, 11) is 0. The molecule has 0 radical (unpaired) electrons. The van der Waals surface area contributed by atoms with Gasteiger partial charge < -0.3 is 15.5 Å². The maximum Gasteiger partial charge on any atom is 0.270 e. The Morgan fingerprint density at radius 2 is 2.00 bits per heavy atom. The van der Waals surface area contributed by atoms with Crippen molar-refractivity contribution in [3.63, 3.8) is 0 Å². The molecule has 0 bridgehead atoms. The topological polar surface area (TPSA) is 91.4 Å². The Balaban J connectivity index is 1.19. The smallest absolute Gasteiger partial charge is 0.270 e. The van der Waals surface area contributed by atoms with E-state index >= 15 is 0 Å². The molecule has 3 heterocycles. The van der Waals surface area contributed by atoms with Gasteiger partial charge >= 0.3 is 0 Å². The Morgan fingerprint density at radius 1 is 1.22 bits per heavy atom. The second-order valence-corrected chi connectivity index (χ2v) is 11.9. The van der Waals surface area contributed by atoms with Gasteiger partial charge in [-0.05, 0) is 75.5 Å². The van der Waals surface area contributed by atoms with E-state index in [-0.39, 0.29) is 29.3 Å². The molecule has 2 saturated heterocycles. The van der Waals surface area contributed by atoms with Crippen LogP contribution in [0.2, 0.25) is 10.0 Å². The van der Waals surface area contributed by atoms with Crippen LogP contribution in [0, 0.1) is 12.8 Å². The van der Waals surface area contributed by atoms with E-state index in [0.717, 1.165) is 50.0 Å². The number of nitrogens with zero attached hydrogens (tertiary/aromatic N) is 2. The molecule has 0 unspecified atom stereocenters. The highest BCUT2D eigenvalue weighted by molar-refractivity contribution is 7.09. The number of likely N-dealkylation sites (tertiary alicyclic amines) is 1. The summed E-state index contributed by atoms with van der Waals surface area (Å²) in [5.74, 6) is 0.247. The highest BCUT2D eigenvalue weighted by Crippen LogP contribution is 2.39. The van der Waals surface area contributed by atoms with Crippen LogP contribution < -0.4 is 10.6 Å². The third kappa shape index (κ3) is 5.00. The molecule has 2 aromatic rings. The second-order valence-electron chi connectivity index (χ2n) is 10.2. The predicted molar refractivity (Wildman–Crippen MR) is 141 cm³/mol. The molecule has 7 nitrogen and oxygen atoms in total. The number of aromatic nitrogens is 1. The molecule has 1 atom stereocenters. The number of carbonyl (C=O) groups excluding carboxylic acids is 3. The van der Waals surface area contributed by atoms with Crippen LogP contribution >= 0.6 is 34.5 Å². The van der Waals surface area contributed by atoms with Gasteiger partial charge in [-0.3, -0.25) is 14.4 Å². The lowest BCUT2D eigenvalue weighted by Gasteiger charge is -2.37. The lowest BCUT2D eigenvalue weighted by molar-refractivity contribution is -0.120. The van der Waals surface area contributed by atoms with Gasteiger partial charge in [0.1, 0.15) is 10.7 Å². The van der Waals surface area contributed by atoms with Crippen molar-refractivity contribution in [1.29, 1.82) is 0 Å². The standard InChI is InChI=1S/C26H30Cl2N4O3S/c1-15-18(27)5-4-17(22(15)28)25(35)32-12-2-3-20(32)24-30-19(14-36-24)23(34)29-13-16-6-9-26(10-7-16)11-8-21(33)31-26/h4-5,14,16,20H,2-3,6-13H2,1H3,(H,29,34)(H,31,33)/t16?,20-,26?/m1/s1. The van der Waals surface area contributed by atoms with E-state index in [2.05, 4.69) is 15.6 Å². The fraction of sp³-hybridized carbons (Fsp3) is 0.538. The van der Waals surface area contributed by atoms with Crippen molar-refractivity contribution >= 4 is 52.3 Å². The summed E-state index contributed by atoms with van der Waals surface area (Å²) < 4.78 is 0. The van der Waals surface area contributed by atoms with Gasteiger partial charge in [-0.15, -0.1) is 11.3 Å². The summed E-state index contributed by atoms with van der Waals surface area (Å²) in [6.45, 7) is 3.02. The molecule has 3 fully saturated rings. The Labute approximate surface area is 224 Å². The summed E-state index contributed by atoms with van der Waals surface area (Å²) >= 11 is 14.0. The monoisotopic (exact) mass is 548 g/mol. The summed E-state index contributed by atoms with van der Waals surface area (Å²) in [6, 6.07) is 3.19. The Morgan fingerprint density at radius 3 is 2.72 bits per heavy atom. The minimum atomic E-state index is -0.181. The third-order valence-electron chi connectivity index (χ3n) is 7.95. The number of thiazole rings is 1. The molecule has 192 valence electrons. The van der Waals surface area contributed by atoms with Crippen LogP contribution in [0.4, 0.5) is 0 Å². The number of hydrogen-bond donors (Lipinski definition) is 2. The highest BCUT2D eigenvalue weighted by Gasteiger charge is 2.40. The minimum absolute atomic E-state index is 0.0130. The zero-order chi connectivity index (χ0) is 25.4. The maximum atomic E-state index is 13.3. The van der Waals surface area contributed by atoms with E-state index < -0.39 is 0 Å². The SMILES string of the molecule is Cc1c(Cl)ccc(C(=O)N2CCC[C@@H]2c2nc(C(=O)NCC3CCC4(CCC(=O)N4)CC3)cs2)c1Cl. The van der Waals surface area contributed by atoms with Crippen molar-refractivity contribution in [2.45, 2.75) is 69.9 Å². The van der Waals surface area contributed by atoms with Gasteiger partial charge in [0.2, 0.25) is 5.91 Å². The molecular formula is C26H30Cl2N4O3S. The van der Waals surface area contributed by atoms with Gasteiger partial charge in [-0.1, -0.05) is 23.2 Å². The van der Waals surface area contributed by atoms with Crippen LogP contribution in [-0.2, 0) is 4.79 Å². The number of hydrogen-bond acceptors (Lipinski definition) is 5. The first-order chi connectivity index (χ1) is 17.3. The van der Waals surface area contributed by atoms with Crippen molar-refractivity contribution in [3.8, 4) is 0 Å². The Kier molecular flexibility index (Phi) is 7.30. The lowest BCUT2D eigenvalue weighted by Crippen LogP contribution is -2.45. The van der Waals surface area contributed by atoms with Gasteiger partial charge in [-0.2, -0.15) is 0 Å². The van der Waals surface area contributed by atoms with Gasteiger partial charge in [-0.25, -0.2) is 4.98 Å². The zero-order valence-electron chi connectivity index (χ0n) is 20.2. The van der Waals surface area contributed by atoms with E-state index in [9.17, 15) is 14.4 Å². The van der Waals surface area contributed by atoms with Gasteiger partial charge in [0, 0.05) is 35.5 Å². The maximum absolute atomic E-state index is 13.3. The van der Waals surface area contributed by atoms with E-state index in [4.69, 9.17) is 23.2 Å². The van der Waals surface area contributed by atoms with Crippen LogP contribution in [0.5, 0.6) is 0 Å².